The van der Waals surface area contributed by atoms with Gasteiger partial charge < -0.3 is 4.42 Å². The Morgan fingerprint density at radius 3 is 3.00 bits per heavy atom. The van der Waals surface area contributed by atoms with Crippen molar-refractivity contribution >= 4 is 12.6 Å². The lowest BCUT2D eigenvalue weighted by molar-refractivity contribution is 0.502. The van der Waals surface area contributed by atoms with Gasteiger partial charge in [0.1, 0.15) is 5.76 Å². The number of rotatable bonds is 3. The van der Waals surface area contributed by atoms with E-state index in [0.29, 0.717) is 5.25 Å². The van der Waals surface area contributed by atoms with E-state index in [2.05, 4.69) is 19.6 Å². The van der Waals surface area contributed by atoms with E-state index < -0.39 is 0 Å². The minimum absolute atomic E-state index is 0.463. The number of thiol groups is 1. The molecule has 0 aliphatic heterocycles. The number of furan rings is 1. The van der Waals surface area contributed by atoms with E-state index in [0.717, 1.165) is 18.6 Å². The molecule has 0 fully saturated rings. The topological polar surface area (TPSA) is 13.1 Å². The fraction of sp³-hybridized carbons (Fsp3) is 0.500. The largest absolute Gasteiger partial charge is 0.469 e. The Labute approximate surface area is 66.8 Å². The van der Waals surface area contributed by atoms with Gasteiger partial charge in [0.15, 0.2) is 0 Å². The molecule has 1 aromatic rings. The summed E-state index contributed by atoms with van der Waals surface area (Å²) in [6.07, 6.45) is 3.78. The van der Waals surface area contributed by atoms with Crippen LogP contribution in [0.3, 0.4) is 0 Å². The third kappa shape index (κ3) is 2.48. The summed E-state index contributed by atoms with van der Waals surface area (Å²) in [5.74, 6) is 1.06. The van der Waals surface area contributed by atoms with Gasteiger partial charge >= 0.3 is 0 Å². The summed E-state index contributed by atoms with van der Waals surface area (Å²) in [4.78, 5) is 0. The molecule has 1 aromatic heterocycles. The van der Waals surface area contributed by atoms with Crippen molar-refractivity contribution in [1.82, 2.24) is 0 Å². The second kappa shape index (κ2) is 3.71. The van der Waals surface area contributed by atoms with E-state index in [1.165, 1.54) is 0 Å². The zero-order valence-electron chi connectivity index (χ0n) is 6.08. The molecule has 0 aromatic carbocycles. The summed E-state index contributed by atoms with van der Waals surface area (Å²) in [6.45, 7) is 2.09. The normalized spacial score (nSPS) is 13.4. The molecule has 1 rings (SSSR count). The Morgan fingerprint density at radius 2 is 2.50 bits per heavy atom. The smallest absolute Gasteiger partial charge is 0.103 e. The molecule has 0 aliphatic carbocycles. The van der Waals surface area contributed by atoms with Gasteiger partial charge in [0.25, 0.3) is 0 Å². The van der Waals surface area contributed by atoms with Crippen molar-refractivity contribution in [3.05, 3.63) is 24.2 Å². The van der Waals surface area contributed by atoms with Gasteiger partial charge in [-0.2, -0.15) is 12.6 Å². The fourth-order valence-corrected chi connectivity index (χ4v) is 0.935. The molecule has 1 nitrogen and oxygen atoms in total. The highest BCUT2D eigenvalue weighted by molar-refractivity contribution is 7.80. The van der Waals surface area contributed by atoms with Gasteiger partial charge in [-0.3, -0.25) is 0 Å². The highest BCUT2D eigenvalue weighted by Gasteiger charge is 1.97. The Morgan fingerprint density at radius 1 is 1.70 bits per heavy atom. The van der Waals surface area contributed by atoms with E-state index >= 15 is 0 Å². The number of hydrogen-bond donors (Lipinski definition) is 1. The summed E-state index contributed by atoms with van der Waals surface area (Å²) in [5.41, 5.74) is 0. The molecule has 0 saturated heterocycles. The average molecular weight is 156 g/mol. The first-order valence-corrected chi connectivity index (χ1v) is 4.01. The zero-order chi connectivity index (χ0) is 7.40. The fourth-order valence-electron chi connectivity index (χ4n) is 0.806. The molecule has 0 N–H and O–H groups in total. The van der Waals surface area contributed by atoms with Crippen LogP contribution in [0.15, 0.2) is 22.8 Å². The predicted octanol–water partition coefficient (Wildman–Crippen LogP) is 2.53. The molecule has 1 atom stereocenters. The van der Waals surface area contributed by atoms with Crippen LogP contribution in [0.5, 0.6) is 0 Å². The van der Waals surface area contributed by atoms with Gasteiger partial charge in [0, 0.05) is 6.42 Å². The lowest BCUT2D eigenvalue weighted by Crippen LogP contribution is -1.92. The van der Waals surface area contributed by atoms with Crippen LogP contribution in [0.25, 0.3) is 0 Å². The third-order valence-corrected chi connectivity index (χ3v) is 1.65. The molecule has 2 heteroatoms. The molecular weight excluding hydrogens is 144 g/mol. The molecule has 0 bridgehead atoms. The Hall–Kier alpha value is -0.370. The molecule has 0 spiro atoms. The van der Waals surface area contributed by atoms with Crippen LogP contribution in [0.2, 0.25) is 0 Å². The van der Waals surface area contributed by atoms with Crippen molar-refractivity contribution in [2.24, 2.45) is 0 Å². The van der Waals surface area contributed by atoms with Crippen LogP contribution in [-0.4, -0.2) is 5.25 Å². The summed E-state index contributed by atoms with van der Waals surface area (Å²) in [5, 5.41) is 0.463. The standard InChI is InChI=1S/C8H12OS/c1-7(10)4-5-8-3-2-6-9-8/h2-3,6-7,10H,4-5H2,1H3. The third-order valence-electron chi connectivity index (χ3n) is 1.39. The van der Waals surface area contributed by atoms with Gasteiger partial charge in [0.05, 0.1) is 6.26 Å². The molecule has 0 aliphatic rings. The maximum Gasteiger partial charge on any atom is 0.103 e. The highest BCUT2D eigenvalue weighted by Crippen LogP contribution is 2.08. The van der Waals surface area contributed by atoms with Crippen molar-refractivity contribution in [2.75, 3.05) is 0 Å². The maximum absolute atomic E-state index is 5.15. The van der Waals surface area contributed by atoms with Crippen LogP contribution in [0.4, 0.5) is 0 Å². The zero-order valence-corrected chi connectivity index (χ0v) is 6.97. The van der Waals surface area contributed by atoms with Gasteiger partial charge in [-0.25, -0.2) is 0 Å². The van der Waals surface area contributed by atoms with Crippen molar-refractivity contribution in [1.29, 1.82) is 0 Å². The van der Waals surface area contributed by atoms with E-state index in [4.69, 9.17) is 4.42 Å². The molecule has 56 valence electrons. The number of hydrogen-bond acceptors (Lipinski definition) is 2. The SMILES string of the molecule is CC(S)CCc1ccco1. The van der Waals surface area contributed by atoms with Crippen molar-refractivity contribution in [3.63, 3.8) is 0 Å². The molecular formula is C8H12OS. The van der Waals surface area contributed by atoms with Gasteiger partial charge in [-0.15, -0.1) is 0 Å². The van der Waals surface area contributed by atoms with Crippen LogP contribution >= 0.6 is 12.6 Å². The van der Waals surface area contributed by atoms with E-state index in [1.54, 1.807) is 6.26 Å². The minimum atomic E-state index is 0.463. The number of aryl methyl sites for hydroxylation is 1. The van der Waals surface area contributed by atoms with E-state index in [-0.39, 0.29) is 0 Å². The lowest BCUT2D eigenvalue weighted by atomic mass is 10.2. The Kier molecular flexibility index (Phi) is 2.87. The van der Waals surface area contributed by atoms with Crippen LogP contribution in [-0.2, 0) is 6.42 Å². The van der Waals surface area contributed by atoms with Crippen molar-refractivity contribution in [3.8, 4) is 0 Å². The first-order valence-electron chi connectivity index (χ1n) is 3.49. The first-order chi connectivity index (χ1) is 4.79. The van der Waals surface area contributed by atoms with Gasteiger partial charge in [-0.1, -0.05) is 6.92 Å². The lowest BCUT2D eigenvalue weighted by Gasteiger charge is -1.99. The summed E-state index contributed by atoms with van der Waals surface area (Å²) < 4.78 is 5.15. The first kappa shape index (κ1) is 7.73. The van der Waals surface area contributed by atoms with E-state index in [1.807, 2.05) is 12.1 Å². The molecule has 0 saturated carbocycles. The van der Waals surface area contributed by atoms with Crippen LogP contribution in [0.1, 0.15) is 19.1 Å². The Bertz CT molecular complexity index is 167. The monoisotopic (exact) mass is 156 g/mol. The minimum Gasteiger partial charge on any atom is -0.469 e. The summed E-state index contributed by atoms with van der Waals surface area (Å²) in [7, 11) is 0. The predicted molar refractivity (Wildman–Crippen MR) is 45.5 cm³/mol. The molecule has 0 amide bonds. The second-order valence-electron chi connectivity index (χ2n) is 2.47. The summed E-state index contributed by atoms with van der Waals surface area (Å²) >= 11 is 4.27. The van der Waals surface area contributed by atoms with Gasteiger partial charge in [0.2, 0.25) is 0 Å². The van der Waals surface area contributed by atoms with Crippen molar-refractivity contribution in [2.45, 2.75) is 25.0 Å². The average Bonchev–Trinajstić information content (AvgIpc) is 2.34. The Balaban J connectivity index is 2.28. The molecule has 1 unspecified atom stereocenters. The van der Waals surface area contributed by atoms with Crippen LogP contribution < -0.4 is 0 Å². The molecule has 1 heterocycles. The van der Waals surface area contributed by atoms with Gasteiger partial charge in [-0.05, 0) is 23.8 Å². The van der Waals surface area contributed by atoms with Crippen LogP contribution in [0, 0.1) is 0 Å². The molecule has 0 radical (unpaired) electrons. The quantitative estimate of drug-likeness (QED) is 0.664. The van der Waals surface area contributed by atoms with Crippen molar-refractivity contribution < 1.29 is 4.42 Å². The van der Waals surface area contributed by atoms with E-state index in [9.17, 15) is 0 Å². The highest BCUT2D eigenvalue weighted by atomic mass is 32.1. The maximum atomic E-state index is 5.15. The second-order valence-corrected chi connectivity index (χ2v) is 3.35. The summed E-state index contributed by atoms with van der Waals surface area (Å²) in [6, 6.07) is 3.91. The molecule has 10 heavy (non-hydrogen) atoms.